The Balaban J connectivity index is 2.03. The molecule has 2 aromatic carbocycles. The lowest BCUT2D eigenvalue weighted by Crippen LogP contribution is -2.37. The first-order valence-corrected chi connectivity index (χ1v) is 8.84. The van der Waals surface area contributed by atoms with Crippen LogP contribution in [0.3, 0.4) is 0 Å². The zero-order chi connectivity index (χ0) is 19.6. The Labute approximate surface area is 160 Å². The Hall–Kier alpha value is -2.86. The van der Waals surface area contributed by atoms with Crippen LogP contribution in [-0.2, 0) is 4.79 Å². The summed E-state index contributed by atoms with van der Waals surface area (Å²) in [4.78, 5) is 23.9. The first-order chi connectivity index (χ1) is 12.9. The first-order valence-electron chi connectivity index (χ1n) is 8.46. The number of hydrogen-bond acceptors (Lipinski definition) is 4. The van der Waals surface area contributed by atoms with Crippen LogP contribution in [0.2, 0.25) is 5.02 Å². The van der Waals surface area contributed by atoms with Crippen molar-refractivity contribution in [1.29, 1.82) is 0 Å². The highest BCUT2D eigenvalue weighted by Gasteiger charge is 2.14. The molecule has 2 N–H and O–H groups in total. The first kappa shape index (κ1) is 18.9. The van der Waals surface area contributed by atoms with Crippen LogP contribution < -0.4 is 16.3 Å². The van der Waals surface area contributed by atoms with Crippen LogP contribution in [0.5, 0.6) is 0 Å². The molecule has 0 aliphatic rings. The molecule has 0 radical (unpaired) electrons. The zero-order valence-corrected chi connectivity index (χ0v) is 15.6. The zero-order valence-electron chi connectivity index (χ0n) is 14.8. The van der Waals surface area contributed by atoms with Gasteiger partial charge in [-0.3, -0.25) is 4.79 Å². The number of benzene rings is 2. The van der Waals surface area contributed by atoms with Gasteiger partial charge >= 0.3 is 5.63 Å². The Morgan fingerprint density at radius 3 is 2.67 bits per heavy atom. The minimum Gasteiger partial charge on any atom is -0.423 e. The topological polar surface area (TPSA) is 71.3 Å². The van der Waals surface area contributed by atoms with E-state index in [0.29, 0.717) is 34.3 Å². The monoisotopic (exact) mass is 388 g/mol. The Morgan fingerprint density at radius 2 is 1.96 bits per heavy atom. The second-order valence-corrected chi connectivity index (χ2v) is 6.48. The summed E-state index contributed by atoms with van der Waals surface area (Å²) >= 11 is 6.15. The molecule has 0 saturated heterocycles. The highest BCUT2D eigenvalue weighted by Crippen LogP contribution is 2.34. The van der Waals surface area contributed by atoms with Gasteiger partial charge in [0, 0.05) is 40.9 Å². The molecule has 1 heterocycles. The van der Waals surface area contributed by atoms with Gasteiger partial charge in [-0.2, -0.15) is 0 Å². The van der Waals surface area contributed by atoms with Crippen LogP contribution in [-0.4, -0.2) is 18.5 Å². The van der Waals surface area contributed by atoms with Gasteiger partial charge in [0.2, 0.25) is 5.91 Å². The van der Waals surface area contributed by atoms with Crippen molar-refractivity contribution >= 4 is 34.2 Å². The Kier molecular flexibility index (Phi) is 5.46. The van der Waals surface area contributed by atoms with Crippen molar-refractivity contribution in [2.45, 2.75) is 19.9 Å². The van der Waals surface area contributed by atoms with Crippen molar-refractivity contribution in [3.05, 3.63) is 63.7 Å². The largest absolute Gasteiger partial charge is 0.423 e. The molecule has 1 amide bonds. The SMILES string of the molecule is CCNC(=O)[C@@H](C)Nc1ccc2c(-c3ccc(F)cc3Cl)cc(=O)oc2c1. The highest BCUT2D eigenvalue weighted by atomic mass is 35.5. The van der Waals surface area contributed by atoms with Gasteiger partial charge in [-0.1, -0.05) is 11.6 Å². The number of likely N-dealkylation sites (N-methyl/N-ethyl adjacent to an activating group) is 1. The van der Waals surface area contributed by atoms with E-state index in [1.807, 2.05) is 6.92 Å². The lowest BCUT2D eigenvalue weighted by atomic mass is 10.0. The third kappa shape index (κ3) is 4.11. The summed E-state index contributed by atoms with van der Waals surface area (Å²) in [6, 6.07) is 10.1. The molecule has 1 aromatic heterocycles. The second kappa shape index (κ2) is 7.80. The van der Waals surface area contributed by atoms with Crippen LogP contribution in [0.15, 0.2) is 51.7 Å². The molecule has 140 valence electrons. The Bertz CT molecular complexity index is 1060. The van der Waals surface area contributed by atoms with Crippen molar-refractivity contribution in [2.75, 3.05) is 11.9 Å². The molecule has 0 fully saturated rings. The quantitative estimate of drug-likeness (QED) is 0.643. The predicted molar refractivity (Wildman–Crippen MR) is 105 cm³/mol. The summed E-state index contributed by atoms with van der Waals surface area (Å²) in [5.74, 6) is -0.590. The van der Waals surface area contributed by atoms with Gasteiger partial charge in [-0.25, -0.2) is 9.18 Å². The number of amides is 1. The molecular weight excluding hydrogens is 371 g/mol. The van der Waals surface area contributed by atoms with E-state index in [9.17, 15) is 14.0 Å². The van der Waals surface area contributed by atoms with E-state index >= 15 is 0 Å². The molecule has 0 aliphatic heterocycles. The van der Waals surface area contributed by atoms with Crippen molar-refractivity contribution in [3.63, 3.8) is 0 Å². The summed E-state index contributed by atoms with van der Waals surface area (Å²) in [5.41, 5.74) is 1.51. The van der Waals surface area contributed by atoms with Gasteiger partial charge in [0.25, 0.3) is 0 Å². The summed E-state index contributed by atoms with van der Waals surface area (Å²) in [6.45, 7) is 4.12. The van der Waals surface area contributed by atoms with Crippen LogP contribution in [0, 0.1) is 5.82 Å². The maximum atomic E-state index is 13.3. The standard InChI is InChI=1S/C20H18ClFN2O3/c1-3-23-20(26)11(2)24-13-5-7-15-16(10-19(25)27-18(15)9-13)14-6-4-12(22)8-17(14)21/h4-11,24H,3H2,1-2H3,(H,23,26)/t11-/m1/s1. The van der Waals surface area contributed by atoms with E-state index in [-0.39, 0.29) is 10.9 Å². The molecule has 0 unspecified atom stereocenters. The molecule has 1 atom stereocenters. The maximum Gasteiger partial charge on any atom is 0.336 e. The van der Waals surface area contributed by atoms with E-state index in [0.717, 1.165) is 0 Å². The summed E-state index contributed by atoms with van der Waals surface area (Å²) in [7, 11) is 0. The number of carbonyl (C=O) groups is 1. The van der Waals surface area contributed by atoms with Crippen LogP contribution >= 0.6 is 11.6 Å². The molecule has 3 rings (SSSR count). The number of halogens is 2. The molecular formula is C20H18ClFN2O3. The van der Waals surface area contributed by atoms with Crippen molar-refractivity contribution in [3.8, 4) is 11.1 Å². The van der Waals surface area contributed by atoms with Gasteiger partial charge in [0.15, 0.2) is 0 Å². The molecule has 27 heavy (non-hydrogen) atoms. The van der Waals surface area contributed by atoms with Gasteiger partial charge in [0.1, 0.15) is 17.4 Å². The molecule has 7 heteroatoms. The van der Waals surface area contributed by atoms with E-state index < -0.39 is 17.5 Å². The lowest BCUT2D eigenvalue weighted by molar-refractivity contribution is -0.121. The van der Waals surface area contributed by atoms with Crippen molar-refractivity contribution < 1.29 is 13.6 Å². The van der Waals surface area contributed by atoms with Gasteiger partial charge in [-0.05, 0) is 44.2 Å². The Morgan fingerprint density at radius 1 is 1.19 bits per heavy atom. The number of nitrogens with one attached hydrogen (secondary N) is 2. The number of fused-ring (bicyclic) bond motifs is 1. The van der Waals surface area contributed by atoms with E-state index in [2.05, 4.69) is 10.6 Å². The minimum atomic E-state index is -0.549. The molecule has 3 aromatic rings. The molecule has 0 bridgehead atoms. The maximum absolute atomic E-state index is 13.3. The fraction of sp³-hybridized carbons (Fsp3) is 0.200. The van der Waals surface area contributed by atoms with Crippen molar-refractivity contribution in [2.24, 2.45) is 0 Å². The second-order valence-electron chi connectivity index (χ2n) is 6.07. The number of rotatable bonds is 5. The van der Waals surface area contributed by atoms with Crippen LogP contribution in [0.25, 0.3) is 22.1 Å². The third-order valence-corrected chi connectivity index (χ3v) is 4.41. The van der Waals surface area contributed by atoms with Crippen molar-refractivity contribution in [1.82, 2.24) is 5.32 Å². The van der Waals surface area contributed by atoms with E-state index in [1.165, 1.54) is 24.3 Å². The summed E-state index contributed by atoms with van der Waals surface area (Å²) in [5, 5.41) is 6.65. The average Bonchev–Trinajstić information content (AvgIpc) is 2.61. The fourth-order valence-corrected chi connectivity index (χ4v) is 3.10. The molecule has 0 spiro atoms. The summed E-state index contributed by atoms with van der Waals surface area (Å²) in [6.07, 6.45) is 0. The number of carbonyl (C=O) groups excluding carboxylic acids is 1. The average molecular weight is 389 g/mol. The summed E-state index contributed by atoms with van der Waals surface area (Å²) < 4.78 is 18.6. The van der Waals surface area contributed by atoms with Gasteiger partial charge < -0.3 is 15.1 Å². The number of anilines is 1. The minimum absolute atomic E-state index is 0.133. The number of hydrogen-bond donors (Lipinski definition) is 2. The van der Waals surface area contributed by atoms with E-state index in [4.69, 9.17) is 16.0 Å². The predicted octanol–water partition coefficient (Wildman–Crippen LogP) is 4.19. The van der Waals surface area contributed by atoms with E-state index in [1.54, 1.807) is 25.1 Å². The van der Waals surface area contributed by atoms with Gasteiger partial charge in [-0.15, -0.1) is 0 Å². The molecule has 5 nitrogen and oxygen atoms in total. The molecule has 0 aliphatic carbocycles. The van der Waals surface area contributed by atoms with Crippen LogP contribution in [0.1, 0.15) is 13.8 Å². The third-order valence-electron chi connectivity index (χ3n) is 4.09. The normalized spacial score (nSPS) is 12.0. The fourth-order valence-electron chi connectivity index (χ4n) is 2.83. The smallest absolute Gasteiger partial charge is 0.336 e. The highest BCUT2D eigenvalue weighted by molar-refractivity contribution is 6.33. The lowest BCUT2D eigenvalue weighted by Gasteiger charge is -2.15. The van der Waals surface area contributed by atoms with Gasteiger partial charge in [0.05, 0.1) is 5.02 Å². The molecule has 0 saturated carbocycles. The van der Waals surface area contributed by atoms with Crippen LogP contribution in [0.4, 0.5) is 10.1 Å².